The lowest BCUT2D eigenvalue weighted by Gasteiger charge is -2.22. The van der Waals surface area contributed by atoms with Gasteiger partial charge in [-0.2, -0.15) is 0 Å². The van der Waals surface area contributed by atoms with Crippen molar-refractivity contribution < 1.29 is 9.90 Å². The summed E-state index contributed by atoms with van der Waals surface area (Å²) in [5.74, 6) is -1.01. The lowest BCUT2D eigenvalue weighted by atomic mass is 10.1. The number of carboxylic acid groups (broad SMARTS) is 1. The number of nitrogen functional groups attached to an aromatic ring is 1. The molecule has 0 unspecified atom stereocenters. The second-order valence-electron chi connectivity index (χ2n) is 4.53. The molecule has 0 fully saturated rings. The molecule has 0 aromatic heterocycles. The fourth-order valence-electron chi connectivity index (χ4n) is 2.07. The van der Waals surface area contributed by atoms with Crippen LogP contribution in [0.4, 0.5) is 11.4 Å². The van der Waals surface area contributed by atoms with E-state index in [0.717, 1.165) is 10.0 Å². The van der Waals surface area contributed by atoms with Gasteiger partial charge in [0.1, 0.15) is 0 Å². The number of para-hydroxylation sites is 1. The van der Waals surface area contributed by atoms with Crippen LogP contribution in [0, 0.1) is 0 Å². The molecule has 0 amide bonds. The minimum atomic E-state index is -1.01. The summed E-state index contributed by atoms with van der Waals surface area (Å²) in [5, 5.41) is 9.09. The molecule has 4 nitrogen and oxygen atoms in total. The van der Waals surface area contributed by atoms with Gasteiger partial charge in [-0.1, -0.05) is 34.1 Å². The molecule has 0 atom stereocenters. The SMILES string of the molecule is CN(Cc1cccc(Br)c1)c1cccc(C(=O)O)c1N. The molecule has 0 aliphatic carbocycles. The third-order valence-corrected chi connectivity index (χ3v) is 3.53. The zero-order valence-electron chi connectivity index (χ0n) is 11.0. The third-order valence-electron chi connectivity index (χ3n) is 3.03. The minimum Gasteiger partial charge on any atom is -0.478 e. The Morgan fingerprint density at radius 2 is 2.00 bits per heavy atom. The van der Waals surface area contributed by atoms with Crippen LogP contribution in [0.1, 0.15) is 15.9 Å². The smallest absolute Gasteiger partial charge is 0.337 e. The first-order valence-electron chi connectivity index (χ1n) is 6.06. The van der Waals surface area contributed by atoms with Crippen LogP contribution in [-0.2, 0) is 6.54 Å². The summed E-state index contributed by atoms with van der Waals surface area (Å²) in [6.07, 6.45) is 0. The highest BCUT2D eigenvalue weighted by atomic mass is 79.9. The third kappa shape index (κ3) is 3.11. The predicted octanol–water partition coefficient (Wildman–Crippen LogP) is 3.37. The number of hydrogen-bond acceptors (Lipinski definition) is 3. The second-order valence-corrected chi connectivity index (χ2v) is 5.45. The van der Waals surface area contributed by atoms with Crippen LogP contribution in [0.25, 0.3) is 0 Å². The van der Waals surface area contributed by atoms with Crippen molar-refractivity contribution in [2.45, 2.75) is 6.54 Å². The van der Waals surface area contributed by atoms with E-state index in [9.17, 15) is 4.79 Å². The van der Waals surface area contributed by atoms with E-state index >= 15 is 0 Å². The van der Waals surface area contributed by atoms with Crippen LogP contribution in [0.5, 0.6) is 0 Å². The fraction of sp³-hybridized carbons (Fsp3) is 0.133. The molecule has 0 radical (unpaired) electrons. The zero-order valence-corrected chi connectivity index (χ0v) is 12.6. The molecular weight excluding hydrogens is 320 g/mol. The molecule has 0 spiro atoms. The molecule has 0 heterocycles. The van der Waals surface area contributed by atoms with Gasteiger partial charge in [0.25, 0.3) is 0 Å². The number of anilines is 2. The van der Waals surface area contributed by atoms with E-state index in [1.165, 1.54) is 6.07 Å². The molecule has 5 heteroatoms. The molecule has 20 heavy (non-hydrogen) atoms. The standard InChI is InChI=1S/C15H15BrN2O2/c1-18(9-10-4-2-5-11(16)8-10)13-7-3-6-12(14(13)17)15(19)20/h2-8H,9,17H2,1H3,(H,19,20). The van der Waals surface area contributed by atoms with Crippen molar-refractivity contribution in [3.8, 4) is 0 Å². The van der Waals surface area contributed by atoms with Crippen LogP contribution >= 0.6 is 15.9 Å². The molecule has 0 bridgehead atoms. The van der Waals surface area contributed by atoms with Gasteiger partial charge in [-0.15, -0.1) is 0 Å². The maximum absolute atomic E-state index is 11.1. The molecule has 0 saturated heterocycles. The van der Waals surface area contributed by atoms with E-state index in [1.54, 1.807) is 6.07 Å². The summed E-state index contributed by atoms with van der Waals surface area (Å²) < 4.78 is 1.01. The van der Waals surface area contributed by atoms with E-state index in [0.29, 0.717) is 12.2 Å². The number of nitrogens with two attached hydrogens (primary N) is 1. The van der Waals surface area contributed by atoms with Crippen molar-refractivity contribution in [2.75, 3.05) is 17.7 Å². The Kier molecular flexibility index (Phi) is 4.29. The van der Waals surface area contributed by atoms with Gasteiger partial charge in [0.2, 0.25) is 0 Å². The molecule has 3 N–H and O–H groups in total. The van der Waals surface area contributed by atoms with Gasteiger partial charge in [-0.05, 0) is 29.8 Å². The first-order valence-corrected chi connectivity index (χ1v) is 6.85. The first-order chi connectivity index (χ1) is 9.49. The Morgan fingerprint density at radius 3 is 2.65 bits per heavy atom. The number of carbonyl (C=O) groups is 1. The van der Waals surface area contributed by atoms with Crippen LogP contribution in [0.2, 0.25) is 0 Å². The van der Waals surface area contributed by atoms with Crippen LogP contribution < -0.4 is 10.6 Å². The summed E-state index contributed by atoms with van der Waals surface area (Å²) >= 11 is 3.43. The highest BCUT2D eigenvalue weighted by Crippen LogP contribution is 2.27. The van der Waals surface area contributed by atoms with Gasteiger partial charge in [-0.25, -0.2) is 4.79 Å². The van der Waals surface area contributed by atoms with E-state index in [2.05, 4.69) is 15.9 Å². The Hall–Kier alpha value is -2.01. The van der Waals surface area contributed by atoms with Crippen molar-refractivity contribution in [1.29, 1.82) is 0 Å². The normalized spacial score (nSPS) is 10.3. The quantitative estimate of drug-likeness (QED) is 0.841. The molecule has 2 rings (SSSR count). The van der Waals surface area contributed by atoms with E-state index in [4.69, 9.17) is 10.8 Å². The van der Waals surface area contributed by atoms with E-state index in [-0.39, 0.29) is 11.3 Å². The summed E-state index contributed by atoms with van der Waals surface area (Å²) in [6.45, 7) is 0.646. The van der Waals surface area contributed by atoms with Crippen LogP contribution in [0.3, 0.4) is 0 Å². The van der Waals surface area contributed by atoms with Crippen molar-refractivity contribution in [3.05, 3.63) is 58.1 Å². The zero-order chi connectivity index (χ0) is 14.7. The highest BCUT2D eigenvalue weighted by molar-refractivity contribution is 9.10. The Labute approximate surface area is 126 Å². The molecule has 2 aromatic rings. The first kappa shape index (κ1) is 14.4. The highest BCUT2D eigenvalue weighted by Gasteiger charge is 2.13. The van der Waals surface area contributed by atoms with Crippen LogP contribution in [-0.4, -0.2) is 18.1 Å². The Balaban J connectivity index is 2.28. The summed E-state index contributed by atoms with van der Waals surface area (Å²) in [7, 11) is 1.89. The number of aromatic carboxylic acids is 1. The largest absolute Gasteiger partial charge is 0.478 e. The van der Waals surface area contributed by atoms with Gasteiger partial charge in [-0.3, -0.25) is 0 Å². The summed E-state index contributed by atoms with van der Waals surface area (Å²) in [5.41, 5.74) is 8.18. The van der Waals surface area contributed by atoms with Gasteiger partial charge in [0.15, 0.2) is 0 Å². The van der Waals surface area contributed by atoms with Gasteiger partial charge < -0.3 is 15.7 Å². The number of hydrogen-bond donors (Lipinski definition) is 2. The van der Waals surface area contributed by atoms with Crippen molar-refractivity contribution >= 4 is 33.3 Å². The van der Waals surface area contributed by atoms with Crippen molar-refractivity contribution in [2.24, 2.45) is 0 Å². The summed E-state index contributed by atoms with van der Waals surface area (Å²) in [6, 6.07) is 13.0. The lowest BCUT2D eigenvalue weighted by molar-refractivity contribution is 0.0698. The number of nitrogens with zero attached hydrogens (tertiary/aromatic N) is 1. The summed E-state index contributed by atoms with van der Waals surface area (Å²) in [4.78, 5) is 13.0. The fourth-order valence-corrected chi connectivity index (χ4v) is 2.51. The minimum absolute atomic E-state index is 0.128. The second kappa shape index (κ2) is 5.96. The maximum Gasteiger partial charge on any atom is 0.337 e. The number of benzene rings is 2. The topological polar surface area (TPSA) is 66.6 Å². The number of rotatable bonds is 4. The molecule has 104 valence electrons. The van der Waals surface area contributed by atoms with E-state index < -0.39 is 5.97 Å². The van der Waals surface area contributed by atoms with Gasteiger partial charge >= 0.3 is 5.97 Å². The Bertz CT molecular complexity index is 644. The van der Waals surface area contributed by atoms with Gasteiger partial charge in [0.05, 0.1) is 16.9 Å². The molecule has 0 saturated carbocycles. The van der Waals surface area contributed by atoms with Crippen molar-refractivity contribution in [1.82, 2.24) is 0 Å². The predicted molar refractivity (Wildman–Crippen MR) is 84.1 cm³/mol. The lowest BCUT2D eigenvalue weighted by Crippen LogP contribution is -2.19. The number of halogens is 1. The van der Waals surface area contributed by atoms with Crippen LogP contribution in [0.15, 0.2) is 46.9 Å². The molecular formula is C15H15BrN2O2. The molecule has 0 aliphatic heterocycles. The van der Waals surface area contributed by atoms with E-state index in [1.807, 2.05) is 42.3 Å². The maximum atomic E-state index is 11.1. The molecule has 0 aliphatic rings. The Morgan fingerprint density at radius 1 is 1.30 bits per heavy atom. The molecule has 2 aromatic carbocycles. The number of carboxylic acids is 1. The average Bonchev–Trinajstić information content (AvgIpc) is 2.38. The monoisotopic (exact) mass is 334 g/mol. The van der Waals surface area contributed by atoms with Crippen molar-refractivity contribution in [3.63, 3.8) is 0 Å². The van der Waals surface area contributed by atoms with Gasteiger partial charge in [0, 0.05) is 18.1 Å². The average molecular weight is 335 g/mol.